The fraction of sp³-hybridized carbons (Fsp3) is 0.842. The summed E-state index contributed by atoms with van der Waals surface area (Å²) in [6.45, 7) is 5.04. The highest BCUT2D eigenvalue weighted by molar-refractivity contribution is 5.79. The molecule has 110 valence electrons. The lowest BCUT2D eigenvalue weighted by molar-refractivity contribution is -0.131. The minimum atomic E-state index is 0.460. The van der Waals surface area contributed by atoms with Crippen LogP contribution < -0.4 is 0 Å². The summed E-state index contributed by atoms with van der Waals surface area (Å²) in [6.07, 6.45) is 13.7. The van der Waals surface area contributed by atoms with Gasteiger partial charge < -0.3 is 0 Å². The summed E-state index contributed by atoms with van der Waals surface area (Å²) in [7, 11) is 0. The maximum atomic E-state index is 11.8. The van der Waals surface area contributed by atoms with E-state index in [1.54, 1.807) is 0 Å². The highest BCUT2D eigenvalue weighted by atomic mass is 16.1. The SMILES string of the molecule is C[C@]12CCC=C1[C@@H]1CC[C@H]3CC(=O)CC[C@]3(C)[C@@H]1CC2. The van der Waals surface area contributed by atoms with E-state index in [9.17, 15) is 4.79 Å². The van der Waals surface area contributed by atoms with Gasteiger partial charge in [-0.3, -0.25) is 4.79 Å². The molecule has 3 saturated carbocycles. The fourth-order valence-corrected chi connectivity index (χ4v) is 6.37. The van der Waals surface area contributed by atoms with Crippen LogP contribution in [0.4, 0.5) is 0 Å². The Balaban J connectivity index is 1.67. The number of carbonyl (C=O) groups excluding carboxylic acids is 1. The summed E-state index contributed by atoms with van der Waals surface area (Å²) in [5.41, 5.74) is 2.82. The molecule has 0 spiro atoms. The molecule has 0 aliphatic heterocycles. The molecule has 4 rings (SSSR count). The van der Waals surface area contributed by atoms with E-state index in [-0.39, 0.29) is 0 Å². The van der Waals surface area contributed by atoms with Crippen LogP contribution >= 0.6 is 0 Å². The zero-order valence-electron chi connectivity index (χ0n) is 13.1. The maximum absolute atomic E-state index is 11.8. The molecule has 0 saturated heterocycles. The Kier molecular flexibility index (Phi) is 2.76. The number of fused-ring (bicyclic) bond motifs is 5. The van der Waals surface area contributed by atoms with Crippen molar-refractivity contribution in [3.05, 3.63) is 11.6 Å². The molecule has 3 fully saturated rings. The molecule has 0 heterocycles. The summed E-state index contributed by atoms with van der Waals surface area (Å²) >= 11 is 0. The first kappa shape index (κ1) is 13.1. The number of allylic oxidation sites excluding steroid dienone is 2. The van der Waals surface area contributed by atoms with Gasteiger partial charge in [0.15, 0.2) is 0 Å². The number of Topliss-reactive ketones (excluding diaryl/α,β-unsaturated/α-hetero) is 1. The molecule has 0 radical (unpaired) electrons. The van der Waals surface area contributed by atoms with Crippen molar-refractivity contribution in [1.82, 2.24) is 0 Å². The van der Waals surface area contributed by atoms with Gasteiger partial charge in [-0.2, -0.15) is 0 Å². The van der Waals surface area contributed by atoms with Gasteiger partial charge in [-0.1, -0.05) is 25.5 Å². The summed E-state index contributed by atoms with van der Waals surface area (Å²) in [5.74, 6) is 2.94. The van der Waals surface area contributed by atoms with Crippen molar-refractivity contribution < 1.29 is 4.79 Å². The molecule has 1 nitrogen and oxygen atoms in total. The summed E-state index contributed by atoms with van der Waals surface area (Å²) in [4.78, 5) is 11.8. The van der Waals surface area contributed by atoms with E-state index in [1.807, 2.05) is 5.57 Å². The summed E-state index contributed by atoms with van der Waals surface area (Å²) in [5, 5.41) is 0. The lowest BCUT2D eigenvalue weighted by Gasteiger charge is -2.58. The monoisotopic (exact) mass is 272 g/mol. The molecule has 0 aromatic carbocycles. The average molecular weight is 272 g/mol. The Morgan fingerprint density at radius 1 is 1.10 bits per heavy atom. The molecular formula is C19H28O. The zero-order valence-corrected chi connectivity index (χ0v) is 13.1. The van der Waals surface area contributed by atoms with Gasteiger partial charge in [0.05, 0.1) is 0 Å². The molecule has 0 amide bonds. The third-order valence-corrected chi connectivity index (χ3v) is 7.67. The molecule has 20 heavy (non-hydrogen) atoms. The second-order valence-electron chi connectivity index (χ2n) is 8.53. The molecule has 1 heteroatoms. The van der Waals surface area contributed by atoms with Crippen molar-refractivity contribution in [3.63, 3.8) is 0 Å². The topological polar surface area (TPSA) is 17.1 Å². The summed E-state index contributed by atoms with van der Waals surface area (Å²) in [6, 6.07) is 0. The number of hydrogen-bond donors (Lipinski definition) is 0. The van der Waals surface area contributed by atoms with Crippen LogP contribution in [0.2, 0.25) is 0 Å². The van der Waals surface area contributed by atoms with Crippen molar-refractivity contribution >= 4 is 5.78 Å². The van der Waals surface area contributed by atoms with Crippen LogP contribution in [0.5, 0.6) is 0 Å². The van der Waals surface area contributed by atoms with Crippen LogP contribution in [0.3, 0.4) is 0 Å². The Bertz CT molecular complexity index is 476. The molecule has 5 atom stereocenters. The summed E-state index contributed by atoms with van der Waals surface area (Å²) < 4.78 is 0. The maximum Gasteiger partial charge on any atom is 0.133 e. The van der Waals surface area contributed by atoms with Crippen molar-refractivity contribution in [3.8, 4) is 0 Å². The standard InChI is InChI=1S/C19H28O/c1-18-9-3-4-16(18)15-6-5-13-12-14(20)7-11-19(13,2)17(15)8-10-18/h4,13,15,17H,3,5-12H2,1-2H3/t13-,15-,17+,18+,19-/m0/s1. The highest BCUT2D eigenvalue weighted by Crippen LogP contribution is 2.64. The van der Waals surface area contributed by atoms with Crippen molar-refractivity contribution in [2.75, 3.05) is 0 Å². The normalized spacial score (nSPS) is 51.0. The molecule has 0 aromatic heterocycles. The van der Waals surface area contributed by atoms with E-state index in [4.69, 9.17) is 0 Å². The lowest BCUT2D eigenvalue weighted by Crippen LogP contribution is -2.50. The molecule has 0 aromatic rings. The van der Waals surface area contributed by atoms with Crippen LogP contribution in [0.25, 0.3) is 0 Å². The third kappa shape index (κ3) is 1.64. The molecule has 4 aliphatic carbocycles. The minimum Gasteiger partial charge on any atom is -0.300 e. The fourth-order valence-electron chi connectivity index (χ4n) is 6.37. The van der Waals surface area contributed by atoms with E-state index in [0.717, 1.165) is 24.7 Å². The Labute approximate surface area is 123 Å². The van der Waals surface area contributed by atoms with Gasteiger partial charge in [0.25, 0.3) is 0 Å². The zero-order chi connectivity index (χ0) is 14.0. The first-order chi connectivity index (χ1) is 9.53. The van der Waals surface area contributed by atoms with Gasteiger partial charge in [0.2, 0.25) is 0 Å². The van der Waals surface area contributed by atoms with E-state index < -0.39 is 0 Å². The Morgan fingerprint density at radius 3 is 2.80 bits per heavy atom. The first-order valence-corrected chi connectivity index (χ1v) is 8.75. The van der Waals surface area contributed by atoms with Crippen LogP contribution in [0.1, 0.15) is 71.6 Å². The van der Waals surface area contributed by atoms with E-state index in [0.29, 0.717) is 22.5 Å². The van der Waals surface area contributed by atoms with E-state index in [2.05, 4.69) is 19.9 Å². The Morgan fingerprint density at radius 2 is 1.95 bits per heavy atom. The van der Waals surface area contributed by atoms with Crippen molar-refractivity contribution in [2.45, 2.75) is 71.6 Å². The van der Waals surface area contributed by atoms with Crippen molar-refractivity contribution in [1.29, 1.82) is 0 Å². The smallest absolute Gasteiger partial charge is 0.133 e. The largest absolute Gasteiger partial charge is 0.300 e. The third-order valence-electron chi connectivity index (χ3n) is 7.67. The molecule has 0 unspecified atom stereocenters. The van der Waals surface area contributed by atoms with Gasteiger partial charge in [0, 0.05) is 12.8 Å². The average Bonchev–Trinajstić information content (AvgIpc) is 2.81. The van der Waals surface area contributed by atoms with E-state index in [1.165, 1.54) is 44.9 Å². The van der Waals surface area contributed by atoms with Crippen LogP contribution in [-0.4, -0.2) is 5.78 Å². The van der Waals surface area contributed by atoms with Gasteiger partial charge in [-0.25, -0.2) is 0 Å². The lowest BCUT2D eigenvalue weighted by atomic mass is 9.46. The number of carbonyl (C=O) groups is 1. The second-order valence-corrected chi connectivity index (χ2v) is 8.53. The predicted molar refractivity (Wildman–Crippen MR) is 81.3 cm³/mol. The molecular weight excluding hydrogens is 244 g/mol. The van der Waals surface area contributed by atoms with Crippen molar-refractivity contribution in [2.24, 2.45) is 28.6 Å². The predicted octanol–water partition coefficient (Wildman–Crippen LogP) is 4.91. The minimum absolute atomic E-state index is 0.460. The van der Waals surface area contributed by atoms with Gasteiger partial charge in [-0.15, -0.1) is 0 Å². The van der Waals surface area contributed by atoms with Crippen LogP contribution in [-0.2, 0) is 4.79 Å². The molecule has 0 N–H and O–H groups in total. The molecule has 0 bridgehead atoms. The highest BCUT2D eigenvalue weighted by Gasteiger charge is 2.55. The quantitative estimate of drug-likeness (QED) is 0.573. The molecule has 4 aliphatic rings. The number of hydrogen-bond acceptors (Lipinski definition) is 1. The number of rotatable bonds is 0. The first-order valence-electron chi connectivity index (χ1n) is 8.75. The van der Waals surface area contributed by atoms with Gasteiger partial charge in [0.1, 0.15) is 5.78 Å². The Hall–Kier alpha value is -0.590. The van der Waals surface area contributed by atoms with E-state index >= 15 is 0 Å². The van der Waals surface area contributed by atoms with Gasteiger partial charge >= 0.3 is 0 Å². The van der Waals surface area contributed by atoms with Gasteiger partial charge in [-0.05, 0) is 73.5 Å². The van der Waals surface area contributed by atoms with Crippen LogP contribution in [0, 0.1) is 28.6 Å². The second kappa shape index (κ2) is 4.21. The van der Waals surface area contributed by atoms with Crippen LogP contribution in [0.15, 0.2) is 11.6 Å². The number of ketones is 1.